The molecular formula is C124H150N16O8. The Balaban J connectivity index is 0.000000124. The fraction of sp³-hybridized carbons (Fsp3) is 0.435. The Bertz CT molecular complexity index is 6560. The number of fused-ring (bicyclic) bond motifs is 16. The van der Waals surface area contributed by atoms with Crippen LogP contribution in [0.15, 0.2) is 311 Å². The quantitative estimate of drug-likeness (QED) is 0.00897. The van der Waals surface area contributed by atoms with Crippen molar-refractivity contribution < 1.29 is 38.1 Å². The molecule has 22 rings (SSSR count). The first-order valence-corrected chi connectivity index (χ1v) is 54.5. The number of carbonyl (C=O) groups excluding carboxylic acids is 4. The second-order valence-electron chi connectivity index (χ2n) is 43.6. The van der Waals surface area contributed by atoms with Gasteiger partial charge in [0.15, 0.2) is 23.8 Å². The number of guanidine groups is 4. The standard InChI is InChI=1S/C33H42N4O2.C33H36N4O2.2C29H36N4O2/c34-32(35)36-20-23-9-7-10-24(19-23)21-37(31(38)27-15-8-12-25-11-1-2-13-26(25)27)22-33-18-6-5-16-29(33)28-14-3-4-17-30(28)39-33;34-32(35)36-20-23-15-17-24(18-16-23)21-37(31(38)27-12-7-9-25-8-1-2-10-26(25)27)22-33-19-6-5-13-29(33)28-11-3-4-14-30(28)39-33;30-28(31)32-18-7-8-19-33(27(34)23-14-9-11-21-10-1-2-12-22(21)23)20-29-17-6-5-15-25(29)24-13-3-4-16-26(24)35-29;30-28(31)32-17-7-8-18-33(27(34)23-15-14-21-9-1-2-10-22(21)19-23)20-29-16-6-5-12-25(29)24-11-3-4-13-26(24)35-29/h1-6,8,11-13,15,23-24,28-30H,7,9-10,14,16-22H2,(H4,34,35,36);1-10,12,15-18,28-30H,11,13-14,19-22H2,(H4,34,35,36);1-6,9-12,14,24-26H,7-8,13,15-20H2,(H4,30,31,32);1-6,9-10,14-15,19,24-26H,7-8,11-13,16-18,20H2,(H4,30,31,32). The molecule has 13 aliphatic rings. The van der Waals surface area contributed by atoms with Crippen LogP contribution in [0, 0.1) is 59.2 Å². The molecule has 4 aliphatic heterocycles. The van der Waals surface area contributed by atoms with Crippen molar-refractivity contribution in [2.24, 2.45) is 125 Å². The number of hydrogen-bond donors (Lipinski definition) is 8. The van der Waals surface area contributed by atoms with E-state index < -0.39 is 0 Å². The summed E-state index contributed by atoms with van der Waals surface area (Å²) in [5, 5.41) is 8.46. The van der Waals surface area contributed by atoms with Crippen LogP contribution in [-0.4, -0.2) is 179 Å². The summed E-state index contributed by atoms with van der Waals surface area (Å²) in [5.74, 6) is 5.47. The van der Waals surface area contributed by atoms with E-state index in [0.717, 1.165) is 237 Å². The van der Waals surface area contributed by atoms with Crippen molar-refractivity contribution in [2.45, 2.75) is 214 Å². The van der Waals surface area contributed by atoms with E-state index >= 15 is 0 Å². The van der Waals surface area contributed by atoms with E-state index in [1.807, 2.05) is 142 Å². The maximum Gasteiger partial charge on any atom is 0.254 e. The van der Waals surface area contributed by atoms with Gasteiger partial charge in [-0.3, -0.25) is 34.2 Å². The average Bonchev–Trinajstić information content (AvgIpc) is 1.60. The summed E-state index contributed by atoms with van der Waals surface area (Å²) in [5.41, 5.74) is 47.9. The van der Waals surface area contributed by atoms with Crippen molar-refractivity contribution in [1.82, 2.24) is 19.6 Å². The third kappa shape index (κ3) is 23.7. The molecular weight excluding hydrogens is 1840 g/mol. The highest BCUT2D eigenvalue weighted by molar-refractivity contribution is 6.09. The molecule has 774 valence electrons. The molecule has 24 nitrogen and oxygen atoms in total. The van der Waals surface area contributed by atoms with Crippen LogP contribution in [0.3, 0.4) is 0 Å². The van der Waals surface area contributed by atoms with Gasteiger partial charge in [0.2, 0.25) is 0 Å². The number of carbonyl (C=O) groups is 4. The van der Waals surface area contributed by atoms with E-state index in [-0.39, 0.29) is 94.3 Å². The van der Waals surface area contributed by atoms with E-state index in [9.17, 15) is 19.2 Å². The topological polar surface area (TPSA) is 376 Å². The molecule has 5 fully saturated rings. The van der Waals surface area contributed by atoms with Crippen molar-refractivity contribution in [2.75, 3.05) is 65.4 Å². The van der Waals surface area contributed by atoms with Crippen molar-refractivity contribution in [3.63, 3.8) is 0 Å². The number of aliphatic imine (C=N–C) groups is 4. The molecule has 4 amide bonds. The molecule has 148 heavy (non-hydrogen) atoms. The van der Waals surface area contributed by atoms with Crippen LogP contribution in [0.4, 0.5) is 0 Å². The molecule has 0 radical (unpaired) electrons. The zero-order chi connectivity index (χ0) is 102. The van der Waals surface area contributed by atoms with Gasteiger partial charge in [-0.25, -0.2) is 4.99 Å². The summed E-state index contributed by atoms with van der Waals surface area (Å²) in [4.78, 5) is 81.7. The molecule has 9 aromatic rings. The molecule has 4 saturated heterocycles. The molecule has 9 aromatic carbocycles. The largest absolute Gasteiger partial charge is 0.370 e. The SMILES string of the molecule is NC(N)=NCC1CCCC(CN(CC23CC=CCC2C2CC=CCC2O3)C(=O)c2cccc3ccccc23)C1.NC(N)=NCCCCN(CC12CC=CCC1C1CC=CCC1O2)C(=O)c1ccc2ccccc2c1.NC(N)=NCCCCN(CC12CC=CCC1C1CC=CCC1O2)C(=O)c1cccc2ccccc12.NC(N)=NCc1ccc(CN(CC23CC=CCC2C2CC=CCC2O3)C(=O)c2cccc3ccccc23)cc1. The lowest BCUT2D eigenvalue weighted by Gasteiger charge is -2.42. The number of nitrogens with zero attached hydrogens (tertiary/aromatic N) is 8. The Morgan fingerprint density at radius 2 is 0.655 bits per heavy atom. The number of rotatable bonds is 30. The first kappa shape index (κ1) is 103. The highest BCUT2D eigenvalue weighted by Gasteiger charge is 2.60. The number of unbranched alkanes of at least 4 members (excludes halogenated alkanes) is 2. The number of amides is 4. The lowest BCUT2D eigenvalue weighted by Crippen LogP contribution is -2.51. The lowest BCUT2D eigenvalue weighted by molar-refractivity contribution is -0.0750. The molecule has 24 heteroatoms. The average molecular weight is 1990 g/mol. The van der Waals surface area contributed by atoms with Gasteiger partial charge in [-0.2, -0.15) is 0 Å². The van der Waals surface area contributed by atoms with E-state index in [1.165, 1.54) is 0 Å². The zero-order valence-corrected chi connectivity index (χ0v) is 85.7. The predicted molar refractivity (Wildman–Crippen MR) is 595 cm³/mol. The molecule has 18 atom stereocenters. The lowest BCUT2D eigenvalue weighted by atomic mass is 9.70. The molecule has 0 bridgehead atoms. The summed E-state index contributed by atoms with van der Waals surface area (Å²) in [6.07, 6.45) is 61.0. The number of allylic oxidation sites excluding steroid dienone is 8. The van der Waals surface area contributed by atoms with Gasteiger partial charge < -0.3 is 84.4 Å². The van der Waals surface area contributed by atoms with Gasteiger partial charge >= 0.3 is 0 Å². The Hall–Kier alpha value is -13.3. The molecule has 16 N–H and O–H groups in total. The second-order valence-corrected chi connectivity index (χ2v) is 43.6. The van der Waals surface area contributed by atoms with Crippen LogP contribution < -0.4 is 45.9 Å². The predicted octanol–water partition coefficient (Wildman–Crippen LogP) is 19.6. The van der Waals surface area contributed by atoms with Gasteiger partial charge in [0.05, 0.1) is 79.5 Å². The number of benzene rings is 9. The number of hydrogen-bond acceptors (Lipinski definition) is 12. The van der Waals surface area contributed by atoms with Crippen LogP contribution in [0.1, 0.15) is 207 Å². The zero-order valence-electron chi connectivity index (χ0n) is 85.7. The van der Waals surface area contributed by atoms with Crippen molar-refractivity contribution in [1.29, 1.82) is 0 Å². The fourth-order valence-electron chi connectivity index (χ4n) is 27.1. The minimum Gasteiger partial charge on any atom is -0.370 e. The highest BCUT2D eigenvalue weighted by atomic mass is 16.5. The Labute approximate surface area is 872 Å². The van der Waals surface area contributed by atoms with Gasteiger partial charge in [-0.15, -0.1) is 0 Å². The highest BCUT2D eigenvalue weighted by Crippen LogP contribution is 2.57. The van der Waals surface area contributed by atoms with Crippen LogP contribution in [0.25, 0.3) is 43.1 Å². The molecule has 18 unspecified atom stereocenters. The molecule has 4 heterocycles. The maximum absolute atomic E-state index is 14.5. The monoisotopic (exact) mass is 1990 g/mol. The minimum absolute atomic E-state index is 0.0376. The maximum atomic E-state index is 14.5. The van der Waals surface area contributed by atoms with Gasteiger partial charge in [-0.05, 0) is 291 Å². The minimum atomic E-state index is -0.371. The van der Waals surface area contributed by atoms with Crippen molar-refractivity contribution >= 4 is 90.6 Å². The second kappa shape index (κ2) is 47.5. The Kier molecular flexibility index (Phi) is 33.2. The normalized spacial score (nSPS) is 27.6. The Morgan fingerprint density at radius 3 is 1.08 bits per heavy atom. The first-order valence-electron chi connectivity index (χ1n) is 54.5. The van der Waals surface area contributed by atoms with E-state index in [4.69, 9.17) is 64.8 Å². The van der Waals surface area contributed by atoms with Crippen LogP contribution in [-0.2, 0) is 32.0 Å². The summed E-state index contributed by atoms with van der Waals surface area (Å²) in [6.45, 7) is 7.23. The summed E-state index contributed by atoms with van der Waals surface area (Å²) in [7, 11) is 0. The van der Waals surface area contributed by atoms with E-state index in [1.54, 1.807) is 0 Å². The fourth-order valence-corrected chi connectivity index (χ4v) is 27.1. The van der Waals surface area contributed by atoms with Gasteiger partial charge in [-0.1, -0.05) is 267 Å². The Morgan fingerprint density at radius 1 is 0.311 bits per heavy atom. The molecule has 0 spiro atoms. The van der Waals surface area contributed by atoms with Crippen molar-refractivity contribution in [3.8, 4) is 0 Å². The summed E-state index contributed by atoms with van der Waals surface area (Å²) < 4.78 is 27.7. The third-order valence-electron chi connectivity index (χ3n) is 34.1. The summed E-state index contributed by atoms with van der Waals surface area (Å²) in [6, 6.07) is 64.9. The summed E-state index contributed by atoms with van der Waals surface area (Å²) >= 11 is 0. The smallest absolute Gasteiger partial charge is 0.254 e. The van der Waals surface area contributed by atoms with Gasteiger partial charge in [0, 0.05) is 68.1 Å². The van der Waals surface area contributed by atoms with Gasteiger partial charge in [0.25, 0.3) is 23.6 Å². The first-order chi connectivity index (χ1) is 72.2. The molecule has 9 aliphatic carbocycles. The molecule has 1 saturated carbocycles. The van der Waals surface area contributed by atoms with E-state index in [2.05, 4.69) is 189 Å². The van der Waals surface area contributed by atoms with Crippen LogP contribution in [0.2, 0.25) is 0 Å². The number of nitrogens with two attached hydrogens (primary N) is 8. The van der Waals surface area contributed by atoms with Gasteiger partial charge in [0.1, 0.15) is 0 Å². The third-order valence-corrected chi connectivity index (χ3v) is 34.1. The van der Waals surface area contributed by atoms with Crippen LogP contribution in [0.5, 0.6) is 0 Å². The van der Waals surface area contributed by atoms with Crippen molar-refractivity contribution in [3.05, 3.63) is 325 Å². The van der Waals surface area contributed by atoms with E-state index in [0.29, 0.717) is 131 Å². The number of ether oxygens (including phenoxy) is 4. The molecule has 0 aromatic heterocycles. The van der Waals surface area contributed by atoms with Crippen LogP contribution >= 0.6 is 0 Å².